The Morgan fingerprint density at radius 1 is 1.00 bits per heavy atom. The number of para-hydroxylation sites is 1. The standard InChI is InChI=1S/C21H20FN3O2/c22-17-8-6-16(7-9-17)21(26)20-14-19(27-23-20)15-24-10-12-25(13-11-24)18-4-2-1-3-5-18/h1-9,14H,10-13,15H2. The van der Waals surface area contributed by atoms with Crippen molar-refractivity contribution in [1.82, 2.24) is 10.1 Å². The Kier molecular flexibility index (Phi) is 4.98. The molecule has 2 heterocycles. The van der Waals surface area contributed by atoms with E-state index in [9.17, 15) is 9.18 Å². The molecular weight excluding hydrogens is 345 g/mol. The number of benzene rings is 2. The van der Waals surface area contributed by atoms with Crippen molar-refractivity contribution in [2.24, 2.45) is 0 Å². The quantitative estimate of drug-likeness (QED) is 0.649. The monoisotopic (exact) mass is 365 g/mol. The number of anilines is 1. The first-order valence-electron chi connectivity index (χ1n) is 8.97. The van der Waals surface area contributed by atoms with Crippen LogP contribution in [0.1, 0.15) is 21.8 Å². The Hall–Kier alpha value is -2.99. The van der Waals surface area contributed by atoms with Crippen LogP contribution in [0.15, 0.2) is 65.2 Å². The molecule has 6 heteroatoms. The van der Waals surface area contributed by atoms with E-state index >= 15 is 0 Å². The Labute approximate surface area is 157 Å². The smallest absolute Gasteiger partial charge is 0.214 e. The average Bonchev–Trinajstić information content (AvgIpc) is 3.18. The third-order valence-electron chi connectivity index (χ3n) is 4.77. The number of hydrogen-bond donors (Lipinski definition) is 0. The largest absolute Gasteiger partial charge is 0.369 e. The van der Waals surface area contributed by atoms with Crippen LogP contribution in [0.3, 0.4) is 0 Å². The summed E-state index contributed by atoms with van der Waals surface area (Å²) in [7, 11) is 0. The van der Waals surface area contributed by atoms with Gasteiger partial charge in [-0.05, 0) is 36.4 Å². The molecule has 27 heavy (non-hydrogen) atoms. The van der Waals surface area contributed by atoms with Crippen molar-refractivity contribution in [3.8, 4) is 0 Å². The van der Waals surface area contributed by atoms with Gasteiger partial charge in [-0.1, -0.05) is 23.4 Å². The zero-order valence-corrected chi connectivity index (χ0v) is 14.8. The second-order valence-corrected chi connectivity index (χ2v) is 6.61. The van der Waals surface area contributed by atoms with Crippen LogP contribution in [0, 0.1) is 5.82 Å². The molecule has 1 aliphatic rings. The van der Waals surface area contributed by atoms with E-state index < -0.39 is 0 Å². The Morgan fingerprint density at radius 2 is 1.70 bits per heavy atom. The topological polar surface area (TPSA) is 49.6 Å². The molecule has 2 aromatic carbocycles. The van der Waals surface area contributed by atoms with Gasteiger partial charge in [0.15, 0.2) is 11.5 Å². The predicted molar refractivity (Wildman–Crippen MR) is 100 cm³/mol. The SMILES string of the molecule is O=C(c1ccc(F)cc1)c1cc(CN2CCN(c3ccccc3)CC2)on1. The molecule has 5 nitrogen and oxygen atoms in total. The van der Waals surface area contributed by atoms with Gasteiger partial charge in [0.1, 0.15) is 5.82 Å². The van der Waals surface area contributed by atoms with Crippen LogP contribution in [-0.2, 0) is 6.54 Å². The van der Waals surface area contributed by atoms with E-state index in [-0.39, 0.29) is 17.3 Å². The van der Waals surface area contributed by atoms with Crippen molar-refractivity contribution in [3.63, 3.8) is 0 Å². The molecule has 1 fully saturated rings. The van der Waals surface area contributed by atoms with Gasteiger partial charge in [-0.2, -0.15) is 0 Å². The van der Waals surface area contributed by atoms with Crippen molar-refractivity contribution in [1.29, 1.82) is 0 Å². The van der Waals surface area contributed by atoms with Crippen molar-refractivity contribution in [3.05, 3.63) is 83.5 Å². The lowest BCUT2D eigenvalue weighted by molar-refractivity contribution is 0.103. The number of carbonyl (C=O) groups excluding carboxylic acids is 1. The zero-order valence-electron chi connectivity index (χ0n) is 14.8. The molecule has 0 radical (unpaired) electrons. The highest BCUT2D eigenvalue weighted by molar-refractivity contribution is 6.07. The molecular formula is C21H20FN3O2. The Morgan fingerprint density at radius 3 is 2.41 bits per heavy atom. The molecule has 0 atom stereocenters. The number of ketones is 1. The highest BCUT2D eigenvalue weighted by Crippen LogP contribution is 2.18. The molecule has 4 rings (SSSR count). The maximum atomic E-state index is 13.0. The highest BCUT2D eigenvalue weighted by atomic mass is 19.1. The summed E-state index contributed by atoms with van der Waals surface area (Å²) in [6.45, 7) is 4.33. The van der Waals surface area contributed by atoms with Crippen LogP contribution in [0.4, 0.5) is 10.1 Å². The molecule has 1 aliphatic heterocycles. The van der Waals surface area contributed by atoms with Gasteiger partial charge in [0, 0.05) is 43.5 Å². The predicted octanol–water partition coefficient (Wildman–Crippen LogP) is 3.37. The summed E-state index contributed by atoms with van der Waals surface area (Å²) in [5.41, 5.74) is 1.89. The van der Waals surface area contributed by atoms with Gasteiger partial charge in [0.25, 0.3) is 0 Å². The van der Waals surface area contributed by atoms with Crippen LogP contribution >= 0.6 is 0 Å². The van der Waals surface area contributed by atoms with E-state index in [1.807, 2.05) is 6.07 Å². The fourth-order valence-electron chi connectivity index (χ4n) is 3.27. The number of halogens is 1. The third kappa shape index (κ3) is 4.06. The molecule has 1 saturated heterocycles. The third-order valence-corrected chi connectivity index (χ3v) is 4.77. The van der Waals surface area contributed by atoms with E-state index in [4.69, 9.17) is 4.52 Å². The van der Waals surface area contributed by atoms with Gasteiger partial charge < -0.3 is 9.42 Å². The summed E-state index contributed by atoms with van der Waals surface area (Å²) in [6, 6.07) is 17.5. The van der Waals surface area contributed by atoms with Crippen LogP contribution < -0.4 is 4.90 Å². The fraction of sp³-hybridized carbons (Fsp3) is 0.238. The lowest BCUT2D eigenvalue weighted by Crippen LogP contribution is -2.45. The second-order valence-electron chi connectivity index (χ2n) is 6.61. The summed E-state index contributed by atoms with van der Waals surface area (Å²) in [6.07, 6.45) is 0. The fourth-order valence-corrected chi connectivity index (χ4v) is 3.27. The molecule has 0 saturated carbocycles. The molecule has 1 aromatic heterocycles. The van der Waals surface area contributed by atoms with Gasteiger partial charge in [-0.25, -0.2) is 4.39 Å². The van der Waals surface area contributed by atoms with Crippen LogP contribution in [0.25, 0.3) is 0 Å². The van der Waals surface area contributed by atoms with E-state index in [0.717, 1.165) is 26.2 Å². The lowest BCUT2D eigenvalue weighted by Gasteiger charge is -2.35. The molecule has 0 spiro atoms. The summed E-state index contributed by atoms with van der Waals surface area (Å²) >= 11 is 0. The van der Waals surface area contributed by atoms with Crippen LogP contribution in [0.2, 0.25) is 0 Å². The minimum Gasteiger partial charge on any atom is -0.369 e. The van der Waals surface area contributed by atoms with Crippen molar-refractivity contribution >= 4 is 11.5 Å². The number of aromatic nitrogens is 1. The highest BCUT2D eigenvalue weighted by Gasteiger charge is 2.20. The molecule has 0 N–H and O–H groups in total. The van der Waals surface area contributed by atoms with Gasteiger partial charge >= 0.3 is 0 Å². The number of carbonyl (C=O) groups is 1. The first-order valence-corrected chi connectivity index (χ1v) is 8.97. The minimum atomic E-state index is -0.373. The summed E-state index contributed by atoms with van der Waals surface area (Å²) in [5.74, 6) is 0.0227. The van der Waals surface area contributed by atoms with Crippen molar-refractivity contribution < 1.29 is 13.7 Å². The van der Waals surface area contributed by atoms with Gasteiger partial charge in [-0.15, -0.1) is 0 Å². The number of rotatable bonds is 5. The van der Waals surface area contributed by atoms with Gasteiger partial charge in [0.05, 0.1) is 6.54 Å². The maximum Gasteiger partial charge on any atom is 0.214 e. The maximum absolute atomic E-state index is 13.0. The molecule has 0 unspecified atom stereocenters. The lowest BCUT2D eigenvalue weighted by atomic mass is 10.1. The Balaban J connectivity index is 1.35. The molecule has 0 aliphatic carbocycles. The minimum absolute atomic E-state index is 0.250. The van der Waals surface area contributed by atoms with Gasteiger partial charge in [-0.3, -0.25) is 9.69 Å². The normalized spacial score (nSPS) is 15.1. The summed E-state index contributed by atoms with van der Waals surface area (Å²) in [5, 5.41) is 3.89. The molecule has 3 aromatic rings. The van der Waals surface area contributed by atoms with E-state index in [0.29, 0.717) is 17.9 Å². The van der Waals surface area contributed by atoms with Crippen LogP contribution in [-0.4, -0.2) is 42.0 Å². The first-order chi connectivity index (χ1) is 13.2. The summed E-state index contributed by atoms with van der Waals surface area (Å²) in [4.78, 5) is 17.0. The van der Waals surface area contributed by atoms with Crippen LogP contribution in [0.5, 0.6) is 0 Å². The average molecular weight is 365 g/mol. The van der Waals surface area contributed by atoms with E-state index in [1.54, 1.807) is 6.07 Å². The van der Waals surface area contributed by atoms with Crippen molar-refractivity contribution in [2.75, 3.05) is 31.1 Å². The van der Waals surface area contributed by atoms with E-state index in [2.05, 4.69) is 39.2 Å². The van der Waals surface area contributed by atoms with Gasteiger partial charge in [0.2, 0.25) is 5.78 Å². The number of hydrogen-bond acceptors (Lipinski definition) is 5. The first kappa shape index (κ1) is 17.4. The summed E-state index contributed by atoms with van der Waals surface area (Å²) < 4.78 is 18.3. The molecule has 0 bridgehead atoms. The second kappa shape index (κ2) is 7.72. The van der Waals surface area contributed by atoms with Crippen molar-refractivity contribution in [2.45, 2.75) is 6.54 Å². The number of piperazine rings is 1. The number of nitrogens with zero attached hydrogens (tertiary/aromatic N) is 3. The molecule has 0 amide bonds. The zero-order chi connectivity index (χ0) is 18.6. The Bertz CT molecular complexity index is 901. The van der Waals surface area contributed by atoms with E-state index in [1.165, 1.54) is 30.0 Å². The molecule has 138 valence electrons.